The van der Waals surface area contributed by atoms with E-state index in [2.05, 4.69) is 21.2 Å². The fourth-order valence-electron chi connectivity index (χ4n) is 1.61. The number of benzene rings is 2. The fourth-order valence-corrected chi connectivity index (χ4v) is 2.15. The van der Waals surface area contributed by atoms with Crippen LogP contribution in [-0.4, -0.2) is 4.92 Å². The Balaban J connectivity index is 2.10. The van der Waals surface area contributed by atoms with Crippen LogP contribution in [0, 0.1) is 15.9 Å². The molecule has 0 heterocycles. The number of anilines is 1. The lowest BCUT2D eigenvalue weighted by Gasteiger charge is -2.08. The van der Waals surface area contributed by atoms with Crippen molar-refractivity contribution < 1.29 is 9.31 Å². The molecule has 0 aliphatic carbocycles. The average molecular weight is 360 g/mol. The predicted molar refractivity (Wildman–Crippen MR) is 79.5 cm³/mol. The molecular weight excluding hydrogens is 351 g/mol. The van der Waals surface area contributed by atoms with E-state index in [9.17, 15) is 14.5 Å². The van der Waals surface area contributed by atoms with Crippen LogP contribution in [0.15, 0.2) is 40.9 Å². The van der Waals surface area contributed by atoms with Gasteiger partial charge in [-0.2, -0.15) is 0 Å². The smallest absolute Gasteiger partial charge is 0.272 e. The molecule has 2 rings (SSSR count). The Bertz CT molecular complexity index is 667. The summed E-state index contributed by atoms with van der Waals surface area (Å²) in [6.45, 7) is 0.379. The largest absolute Gasteiger partial charge is 0.379 e. The zero-order valence-corrected chi connectivity index (χ0v) is 12.4. The third-order valence-electron chi connectivity index (χ3n) is 2.63. The second kappa shape index (κ2) is 6.19. The third kappa shape index (κ3) is 3.46. The lowest BCUT2D eigenvalue weighted by Crippen LogP contribution is -2.02. The van der Waals surface area contributed by atoms with Crippen molar-refractivity contribution in [2.45, 2.75) is 6.54 Å². The number of non-ortho nitro benzene ring substituents is 1. The summed E-state index contributed by atoms with van der Waals surface area (Å²) in [6.07, 6.45) is 0. The topological polar surface area (TPSA) is 55.2 Å². The van der Waals surface area contributed by atoms with Crippen LogP contribution in [0.25, 0.3) is 0 Å². The molecule has 1 N–H and O–H groups in total. The van der Waals surface area contributed by atoms with Crippen LogP contribution in [0.1, 0.15) is 5.56 Å². The Kier molecular flexibility index (Phi) is 4.57. The first-order valence-electron chi connectivity index (χ1n) is 5.59. The molecule has 4 nitrogen and oxygen atoms in total. The van der Waals surface area contributed by atoms with Gasteiger partial charge in [-0.05, 0) is 39.7 Å². The molecule has 0 amide bonds. The van der Waals surface area contributed by atoms with Crippen LogP contribution in [0.4, 0.5) is 15.8 Å². The molecule has 0 spiro atoms. The molecule has 0 aliphatic rings. The first kappa shape index (κ1) is 14.7. The van der Waals surface area contributed by atoms with Crippen molar-refractivity contribution in [1.29, 1.82) is 0 Å². The van der Waals surface area contributed by atoms with E-state index in [0.717, 1.165) is 16.1 Å². The average Bonchev–Trinajstić information content (AvgIpc) is 2.41. The van der Waals surface area contributed by atoms with Crippen molar-refractivity contribution >= 4 is 38.9 Å². The highest BCUT2D eigenvalue weighted by Crippen LogP contribution is 2.25. The van der Waals surface area contributed by atoms with Gasteiger partial charge in [0, 0.05) is 17.1 Å². The monoisotopic (exact) mass is 358 g/mol. The maximum atomic E-state index is 13.7. The third-order valence-corrected chi connectivity index (χ3v) is 3.84. The minimum atomic E-state index is -0.660. The maximum absolute atomic E-state index is 13.7. The number of hydrogen-bond donors (Lipinski definition) is 1. The van der Waals surface area contributed by atoms with Crippen molar-refractivity contribution in [2.24, 2.45) is 0 Å². The first-order chi connectivity index (χ1) is 9.47. The van der Waals surface area contributed by atoms with Gasteiger partial charge in [0.25, 0.3) is 5.69 Å². The summed E-state index contributed by atoms with van der Waals surface area (Å²) in [7, 11) is 0. The van der Waals surface area contributed by atoms with Gasteiger partial charge < -0.3 is 5.32 Å². The molecule has 7 heteroatoms. The quantitative estimate of drug-likeness (QED) is 0.632. The summed E-state index contributed by atoms with van der Waals surface area (Å²) in [5.41, 5.74) is 0.836. The van der Waals surface area contributed by atoms with Crippen molar-refractivity contribution in [2.75, 3.05) is 5.32 Å². The summed E-state index contributed by atoms with van der Waals surface area (Å²) in [4.78, 5) is 9.88. The van der Waals surface area contributed by atoms with Crippen LogP contribution in [0.2, 0.25) is 5.02 Å². The Hall–Kier alpha value is -1.66. The Labute approximate surface area is 127 Å². The highest BCUT2D eigenvalue weighted by Gasteiger charge is 2.10. The summed E-state index contributed by atoms with van der Waals surface area (Å²) >= 11 is 9.18. The van der Waals surface area contributed by atoms with Crippen molar-refractivity contribution in [3.8, 4) is 0 Å². The fraction of sp³-hybridized carbons (Fsp3) is 0.0769. The summed E-state index contributed by atoms with van der Waals surface area (Å²) < 4.78 is 14.4. The number of nitrogens with zero attached hydrogens (tertiary/aromatic N) is 1. The molecule has 0 bridgehead atoms. The van der Waals surface area contributed by atoms with Gasteiger partial charge >= 0.3 is 0 Å². The standard InChI is InChI=1S/C13H9BrClFN2O2/c14-10-5-8(1-3-11(10)15)7-17-13-4-2-9(18(19)20)6-12(13)16/h1-6,17H,7H2. The molecule has 0 atom stereocenters. The SMILES string of the molecule is O=[N+]([O-])c1ccc(NCc2ccc(Cl)c(Br)c2)c(F)c1. The molecule has 20 heavy (non-hydrogen) atoms. The van der Waals surface area contributed by atoms with E-state index >= 15 is 0 Å². The number of hydrogen-bond acceptors (Lipinski definition) is 3. The van der Waals surface area contributed by atoms with E-state index in [-0.39, 0.29) is 11.4 Å². The van der Waals surface area contributed by atoms with Gasteiger partial charge in [0.15, 0.2) is 5.82 Å². The van der Waals surface area contributed by atoms with E-state index in [4.69, 9.17) is 11.6 Å². The Morgan fingerprint density at radius 2 is 2.05 bits per heavy atom. The molecule has 0 fully saturated rings. The van der Waals surface area contributed by atoms with Crippen LogP contribution < -0.4 is 5.32 Å². The summed E-state index contributed by atoms with van der Waals surface area (Å²) in [6, 6.07) is 8.85. The minimum absolute atomic E-state index is 0.210. The second-order valence-electron chi connectivity index (χ2n) is 4.02. The maximum Gasteiger partial charge on any atom is 0.272 e. The second-order valence-corrected chi connectivity index (χ2v) is 5.28. The van der Waals surface area contributed by atoms with E-state index < -0.39 is 10.7 Å². The van der Waals surface area contributed by atoms with Crippen LogP contribution >= 0.6 is 27.5 Å². The van der Waals surface area contributed by atoms with Gasteiger partial charge in [0.1, 0.15) is 0 Å². The molecule has 0 saturated heterocycles. The molecule has 0 radical (unpaired) electrons. The van der Waals surface area contributed by atoms with Gasteiger partial charge in [0.05, 0.1) is 21.7 Å². The summed E-state index contributed by atoms with van der Waals surface area (Å²) in [5, 5.41) is 14.0. The van der Waals surface area contributed by atoms with E-state index in [1.54, 1.807) is 6.07 Å². The number of rotatable bonds is 4. The molecule has 2 aromatic carbocycles. The van der Waals surface area contributed by atoms with Gasteiger partial charge in [-0.1, -0.05) is 17.7 Å². The molecule has 0 unspecified atom stereocenters. The zero-order valence-electron chi connectivity index (χ0n) is 10.1. The van der Waals surface area contributed by atoms with E-state index in [1.165, 1.54) is 12.1 Å². The molecule has 0 aromatic heterocycles. The van der Waals surface area contributed by atoms with Crippen LogP contribution in [0.3, 0.4) is 0 Å². The van der Waals surface area contributed by atoms with Gasteiger partial charge in [-0.3, -0.25) is 10.1 Å². The van der Waals surface area contributed by atoms with Crippen molar-refractivity contribution in [3.05, 3.63) is 67.4 Å². The molecular formula is C13H9BrClFN2O2. The molecule has 2 aromatic rings. The zero-order chi connectivity index (χ0) is 14.7. The van der Waals surface area contributed by atoms with Crippen LogP contribution in [-0.2, 0) is 6.54 Å². The number of halogens is 3. The number of nitro benzene ring substituents is 1. The Morgan fingerprint density at radius 3 is 2.65 bits per heavy atom. The van der Waals surface area contributed by atoms with Gasteiger partial charge in [0.2, 0.25) is 0 Å². The van der Waals surface area contributed by atoms with E-state index in [0.29, 0.717) is 11.6 Å². The number of nitro groups is 1. The minimum Gasteiger partial charge on any atom is -0.379 e. The molecule has 0 saturated carbocycles. The van der Waals surface area contributed by atoms with E-state index in [1.807, 2.05) is 12.1 Å². The normalized spacial score (nSPS) is 10.3. The highest BCUT2D eigenvalue weighted by atomic mass is 79.9. The Morgan fingerprint density at radius 1 is 1.30 bits per heavy atom. The van der Waals surface area contributed by atoms with Gasteiger partial charge in [-0.25, -0.2) is 4.39 Å². The lowest BCUT2D eigenvalue weighted by atomic mass is 10.2. The number of nitrogens with one attached hydrogen (secondary N) is 1. The van der Waals surface area contributed by atoms with Gasteiger partial charge in [-0.15, -0.1) is 0 Å². The van der Waals surface area contributed by atoms with Crippen molar-refractivity contribution in [1.82, 2.24) is 0 Å². The molecule has 0 aliphatic heterocycles. The summed E-state index contributed by atoms with van der Waals surface area (Å²) in [5.74, 6) is -0.660. The highest BCUT2D eigenvalue weighted by molar-refractivity contribution is 9.10. The van der Waals surface area contributed by atoms with Crippen molar-refractivity contribution in [3.63, 3.8) is 0 Å². The molecule has 104 valence electrons. The van der Waals surface area contributed by atoms with Crippen LogP contribution in [0.5, 0.6) is 0 Å². The lowest BCUT2D eigenvalue weighted by molar-refractivity contribution is -0.385. The predicted octanol–water partition coefficient (Wildman–Crippen LogP) is 4.76. The first-order valence-corrected chi connectivity index (χ1v) is 6.76.